The average Bonchev–Trinajstić information content (AvgIpc) is 3.09. The number of hydrogen-bond donors (Lipinski definition) is 2. The van der Waals surface area contributed by atoms with Crippen LogP contribution >= 0.6 is 0 Å². The predicted molar refractivity (Wildman–Crippen MR) is 121 cm³/mol. The number of alkyl halides is 3. The van der Waals surface area contributed by atoms with Crippen LogP contribution in [-0.2, 0) is 0 Å². The molecule has 0 saturated heterocycles. The number of aliphatic hydroxyl groups excluding tert-OH is 1. The van der Waals surface area contributed by atoms with Crippen LogP contribution in [0.4, 0.5) is 13.2 Å². The van der Waals surface area contributed by atoms with Crippen molar-refractivity contribution in [3.05, 3.63) is 0 Å². The van der Waals surface area contributed by atoms with Gasteiger partial charge in [-0.25, -0.2) is 0 Å². The van der Waals surface area contributed by atoms with Gasteiger partial charge in [-0.1, -0.05) is 27.7 Å². The van der Waals surface area contributed by atoms with Gasteiger partial charge in [0.2, 0.25) is 0 Å². The third-order valence-electron chi connectivity index (χ3n) is 11.5. The molecule has 0 heterocycles. The minimum absolute atomic E-state index is 0.173. The summed E-state index contributed by atoms with van der Waals surface area (Å²) < 4.78 is 38.3. The highest BCUT2D eigenvalue weighted by Crippen LogP contribution is 2.69. The summed E-state index contributed by atoms with van der Waals surface area (Å²) >= 11 is 0. The molecule has 4 aliphatic rings. The Balaban J connectivity index is 1.45. The Morgan fingerprint density at radius 1 is 0.906 bits per heavy atom. The summed E-state index contributed by atoms with van der Waals surface area (Å²) in [7, 11) is 0. The summed E-state index contributed by atoms with van der Waals surface area (Å²) in [6.45, 7) is 9.19. The standard InChI is InChI=1S/C27H45F3O2/c1-5-26(32)15-14-24(3)18(16-26)7-8-19-21-10-9-20(25(21,4)13-12-22(19)24)17(2)6-11-23(31)27(28,29)30/h17-23,31-32H,5-16H2,1-4H3/t17-,18-,19+,20-,21+,22?,23-,24+,25-,26+/m1/s1. The molecule has 4 rings (SSSR count). The van der Waals surface area contributed by atoms with E-state index in [1.807, 2.05) is 0 Å². The second-order valence-electron chi connectivity index (χ2n) is 12.8. The van der Waals surface area contributed by atoms with Gasteiger partial charge in [0.05, 0.1) is 5.60 Å². The maximum atomic E-state index is 12.8. The van der Waals surface area contributed by atoms with Crippen molar-refractivity contribution in [1.29, 1.82) is 0 Å². The molecule has 0 aromatic carbocycles. The van der Waals surface area contributed by atoms with E-state index >= 15 is 0 Å². The second-order valence-corrected chi connectivity index (χ2v) is 12.8. The van der Waals surface area contributed by atoms with Gasteiger partial charge >= 0.3 is 6.18 Å². The summed E-state index contributed by atoms with van der Waals surface area (Å²) in [5.41, 5.74) is 0.104. The lowest BCUT2D eigenvalue weighted by molar-refractivity contribution is -0.206. The van der Waals surface area contributed by atoms with E-state index in [4.69, 9.17) is 0 Å². The van der Waals surface area contributed by atoms with Crippen LogP contribution in [0.5, 0.6) is 0 Å². The summed E-state index contributed by atoms with van der Waals surface area (Å²) in [6, 6.07) is 0. The molecule has 0 aliphatic heterocycles. The molecule has 1 unspecified atom stereocenters. The monoisotopic (exact) mass is 458 g/mol. The van der Waals surface area contributed by atoms with Gasteiger partial charge in [-0.3, -0.25) is 0 Å². The lowest BCUT2D eigenvalue weighted by atomic mass is 9.43. The molecule has 0 bridgehead atoms. The van der Waals surface area contributed by atoms with Crippen LogP contribution in [-0.4, -0.2) is 28.1 Å². The molecule has 4 aliphatic carbocycles. The number of fused-ring (bicyclic) bond motifs is 5. The summed E-state index contributed by atoms with van der Waals surface area (Å²) in [6.07, 6.45) is 4.76. The zero-order valence-electron chi connectivity index (χ0n) is 20.6. The first-order valence-corrected chi connectivity index (χ1v) is 13.3. The third kappa shape index (κ3) is 4.06. The molecular formula is C27H45F3O2. The van der Waals surface area contributed by atoms with Crippen molar-refractivity contribution in [2.45, 2.75) is 123 Å². The number of halogens is 3. The molecule has 4 saturated carbocycles. The molecule has 186 valence electrons. The zero-order chi connectivity index (χ0) is 23.5. The van der Waals surface area contributed by atoms with E-state index in [0.29, 0.717) is 29.6 Å². The quantitative estimate of drug-likeness (QED) is 0.460. The highest BCUT2D eigenvalue weighted by atomic mass is 19.4. The number of hydrogen-bond acceptors (Lipinski definition) is 2. The fraction of sp³-hybridized carbons (Fsp3) is 1.00. The fourth-order valence-electron chi connectivity index (χ4n) is 9.40. The summed E-state index contributed by atoms with van der Waals surface area (Å²) in [4.78, 5) is 0. The van der Waals surface area contributed by atoms with E-state index in [2.05, 4.69) is 27.7 Å². The Kier molecular flexibility index (Phi) is 6.54. The normalized spacial score (nSPS) is 48.5. The van der Waals surface area contributed by atoms with Crippen molar-refractivity contribution in [2.24, 2.45) is 46.3 Å². The van der Waals surface area contributed by atoms with Gasteiger partial charge in [0.25, 0.3) is 0 Å². The molecule has 4 fully saturated rings. The van der Waals surface area contributed by atoms with Crippen molar-refractivity contribution in [2.75, 3.05) is 0 Å². The number of rotatable bonds is 5. The van der Waals surface area contributed by atoms with Crippen LogP contribution in [0.2, 0.25) is 0 Å². The number of aliphatic hydroxyl groups is 2. The second kappa shape index (κ2) is 8.43. The minimum Gasteiger partial charge on any atom is -0.390 e. The maximum Gasteiger partial charge on any atom is 0.414 e. The van der Waals surface area contributed by atoms with Crippen LogP contribution in [0.25, 0.3) is 0 Å². The van der Waals surface area contributed by atoms with Gasteiger partial charge in [-0.2, -0.15) is 13.2 Å². The van der Waals surface area contributed by atoms with Crippen LogP contribution in [0.15, 0.2) is 0 Å². The van der Waals surface area contributed by atoms with Crippen LogP contribution in [0.1, 0.15) is 105 Å². The van der Waals surface area contributed by atoms with Gasteiger partial charge in [0, 0.05) is 0 Å². The molecule has 0 radical (unpaired) electrons. The summed E-state index contributed by atoms with van der Waals surface area (Å²) in [5.74, 6) is 3.48. The van der Waals surface area contributed by atoms with Gasteiger partial charge < -0.3 is 10.2 Å². The molecule has 2 nitrogen and oxygen atoms in total. The molecule has 32 heavy (non-hydrogen) atoms. The fourth-order valence-corrected chi connectivity index (χ4v) is 9.40. The van der Waals surface area contributed by atoms with E-state index in [1.165, 1.54) is 32.1 Å². The molecule has 5 heteroatoms. The van der Waals surface area contributed by atoms with Gasteiger partial charge in [-0.05, 0) is 123 Å². The van der Waals surface area contributed by atoms with Crippen LogP contribution in [0.3, 0.4) is 0 Å². The molecule has 0 aromatic rings. The van der Waals surface area contributed by atoms with E-state index in [9.17, 15) is 23.4 Å². The van der Waals surface area contributed by atoms with Crippen molar-refractivity contribution in [3.8, 4) is 0 Å². The summed E-state index contributed by atoms with van der Waals surface area (Å²) in [5, 5.41) is 20.4. The molecule has 2 N–H and O–H groups in total. The molecule has 0 amide bonds. The van der Waals surface area contributed by atoms with Crippen molar-refractivity contribution in [3.63, 3.8) is 0 Å². The average molecular weight is 459 g/mol. The SMILES string of the molecule is CC[C@]1(O)CC[C@]2(C)C3CC[C@]4(C)[C@@H]([C@H](C)CC[C@@H](O)C(F)(F)F)CC[C@H]4[C@@H]3CC[C@@H]2C1. The lowest BCUT2D eigenvalue weighted by Gasteiger charge is -2.62. The van der Waals surface area contributed by atoms with Gasteiger partial charge in [0.15, 0.2) is 0 Å². The molecule has 0 spiro atoms. The molecular weight excluding hydrogens is 413 g/mol. The first kappa shape index (κ1) is 24.8. The Bertz CT molecular complexity index is 680. The maximum absolute atomic E-state index is 12.8. The first-order valence-electron chi connectivity index (χ1n) is 13.3. The van der Waals surface area contributed by atoms with Crippen molar-refractivity contribution < 1.29 is 23.4 Å². The van der Waals surface area contributed by atoms with Crippen LogP contribution in [0, 0.1) is 46.3 Å². The molecule has 0 aromatic heterocycles. The topological polar surface area (TPSA) is 40.5 Å². The van der Waals surface area contributed by atoms with E-state index < -0.39 is 17.9 Å². The van der Waals surface area contributed by atoms with E-state index in [0.717, 1.165) is 43.9 Å². The van der Waals surface area contributed by atoms with Crippen molar-refractivity contribution >= 4 is 0 Å². The van der Waals surface area contributed by atoms with Crippen LogP contribution < -0.4 is 0 Å². The highest BCUT2D eigenvalue weighted by molar-refractivity contribution is 5.10. The Morgan fingerprint density at radius 3 is 2.25 bits per heavy atom. The van der Waals surface area contributed by atoms with Gasteiger partial charge in [0.1, 0.15) is 6.10 Å². The first-order chi connectivity index (χ1) is 14.8. The Hall–Kier alpha value is -0.290. The van der Waals surface area contributed by atoms with E-state index in [1.54, 1.807) is 0 Å². The largest absolute Gasteiger partial charge is 0.414 e. The van der Waals surface area contributed by atoms with E-state index in [-0.39, 0.29) is 17.8 Å². The third-order valence-corrected chi connectivity index (χ3v) is 11.5. The van der Waals surface area contributed by atoms with Crippen molar-refractivity contribution in [1.82, 2.24) is 0 Å². The predicted octanol–water partition coefficient (Wildman–Crippen LogP) is 7.13. The Morgan fingerprint density at radius 2 is 1.59 bits per heavy atom. The zero-order valence-corrected chi connectivity index (χ0v) is 20.6. The highest BCUT2D eigenvalue weighted by Gasteiger charge is 2.61. The smallest absolute Gasteiger partial charge is 0.390 e. The van der Waals surface area contributed by atoms with Gasteiger partial charge in [-0.15, -0.1) is 0 Å². The minimum atomic E-state index is -4.50. The Labute approximate surface area is 192 Å². The molecule has 10 atom stereocenters. The lowest BCUT2D eigenvalue weighted by Crippen LogP contribution is -2.56.